The number of thiazole rings is 1. The Morgan fingerprint density at radius 2 is 2.24 bits per heavy atom. The molecule has 0 radical (unpaired) electrons. The molecular formula is C15H23N3OS2. The highest BCUT2D eigenvalue weighted by molar-refractivity contribution is 7.99. The molecule has 0 unspecified atom stereocenters. The van der Waals surface area contributed by atoms with Gasteiger partial charge in [-0.2, -0.15) is 11.8 Å². The van der Waals surface area contributed by atoms with Crippen LogP contribution in [0.5, 0.6) is 0 Å². The van der Waals surface area contributed by atoms with Crippen LogP contribution in [0.4, 0.5) is 4.79 Å². The second-order valence-electron chi connectivity index (χ2n) is 6.02. The van der Waals surface area contributed by atoms with Crippen molar-refractivity contribution < 1.29 is 4.79 Å². The van der Waals surface area contributed by atoms with Crippen molar-refractivity contribution in [1.29, 1.82) is 0 Å². The van der Waals surface area contributed by atoms with Gasteiger partial charge in [0, 0.05) is 29.4 Å². The molecule has 2 heterocycles. The Kier molecular flexibility index (Phi) is 4.74. The smallest absolute Gasteiger partial charge is 0.318 e. The van der Waals surface area contributed by atoms with E-state index in [1.807, 2.05) is 22.9 Å². The van der Waals surface area contributed by atoms with Gasteiger partial charge >= 0.3 is 6.03 Å². The molecule has 21 heavy (non-hydrogen) atoms. The van der Waals surface area contributed by atoms with Gasteiger partial charge in [0.25, 0.3) is 0 Å². The third-order valence-corrected chi connectivity index (χ3v) is 6.22. The lowest BCUT2D eigenvalue weighted by atomic mass is 10.2. The van der Waals surface area contributed by atoms with Gasteiger partial charge in [-0.15, -0.1) is 11.3 Å². The molecule has 4 nitrogen and oxygen atoms in total. The van der Waals surface area contributed by atoms with Gasteiger partial charge in [0.15, 0.2) is 0 Å². The summed E-state index contributed by atoms with van der Waals surface area (Å²) >= 11 is 3.66. The Labute approximate surface area is 134 Å². The van der Waals surface area contributed by atoms with Crippen LogP contribution in [0.1, 0.15) is 42.1 Å². The molecule has 1 saturated carbocycles. The van der Waals surface area contributed by atoms with E-state index in [1.54, 1.807) is 11.3 Å². The minimum Gasteiger partial charge on any atom is -0.328 e. The summed E-state index contributed by atoms with van der Waals surface area (Å²) in [6, 6.07) is 0.534. The van der Waals surface area contributed by atoms with Gasteiger partial charge in [0.05, 0.1) is 6.04 Å². The van der Waals surface area contributed by atoms with E-state index in [2.05, 4.69) is 24.1 Å². The summed E-state index contributed by atoms with van der Waals surface area (Å²) in [6.45, 7) is 5.08. The fourth-order valence-electron chi connectivity index (χ4n) is 2.74. The van der Waals surface area contributed by atoms with Gasteiger partial charge in [0.1, 0.15) is 5.01 Å². The first-order valence-corrected chi connectivity index (χ1v) is 9.69. The first kappa shape index (κ1) is 15.2. The molecule has 1 aliphatic carbocycles. The van der Waals surface area contributed by atoms with Crippen molar-refractivity contribution in [2.75, 3.05) is 18.1 Å². The number of aryl methyl sites for hydroxylation is 1. The predicted octanol–water partition coefficient (Wildman–Crippen LogP) is 3.44. The maximum absolute atomic E-state index is 12.7. The van der Waals surface area contributed by atoms with Gasteiger partial charge in [0.2, 0.25) is 0 Å². The third-order valence-electron chi connectivity index (χ3n) is 4.23. The summed E-state index contributed by atoms with van der Waals surface area (Å²) in [5.74, 6) is 2.78. The Morgan fingerprint density at radius 1 is 1.43 bits per heavy atom. The Balaban J connectivity index is 1.68. The molecule has 116 valence electrons. The number of nitrogens with one attached hydrogen (secondary N) is 1. The van der Waals surface area contributed by atoms with E-state index in [9.17, 15) is 4.79 Å². The molecular weight excluding hydrogens is 302 g/mol. The van der Waals surface area contributed by atoms with Gasteiger partial charge in [-0.3, -0.25) is 0 Å². The molecule has 1 aliphatic heterocycles. The third kappa shape index (κ3) is 3.72. The van der Waals surface area contributed by atoms with E-state index in [4.69, 9.17) is 0 Å². The highest BCUT2D eigenvalue weighted by Gasteiger charge is 2.36. The average molecular weight is 326 g/mol. The standard InChI is InChI=1S/C15H23N3OS2/c1-10-5-7-20-8-6-18(10)15(19)17-13(12-3-4-12)14-16-9-11(2)21-14/h9-10,12-13H,3-8H2,1-2H3,(H,17,19)/t10-,13-/m0/s1. The average Bonchev–Trinajstić information content (AvgIpc) is 3.23. The van der Waals surface area contributed by atoms with E-state index >= 15 is 0 Å². The van der Waals surface area contributed by atoms with E-state index in [-0.39, 0.29) is 12.1 Å². The Hall–Kier alpha value is -0.750. The zero-order chi connectivity index (χ0) is 14.8. The normalized spacial score (nSPS) is 24.5. The number of carbonyl (C=O) groups is 1. The SMILES string of the molecule is Cc1cnc([C@@H](NC(=O)N2CCSCC[C@@H]2C)C2CC2)s1. The van der Waals surface area contributed by atoms with Crippen LogP contribution in [0.15, 0.2) is 6.20 Å². The summed E-state index contributed by atoms with van der Waals surface area (Å²) in [5, 5.41) is 4.33. The van der Waals surface area contributed by atoms with Crippen molar-refractivity contribution in [2.24, 2.45) is 5.92 Å². The van der Waals surface area contributed by atoms with Crippen molar-refractivity contribution in [1.82, 2.24) is 15.2 Å². The van der Waals surface area contributed by atoms with Crippen molar-refractivity contribution in [3.8, 4) is 0 Å². The van der Waals surface area contributed by atoms with Crippen LogP contribution in [-0.2, 0) is 0 Å². The minimum atomic E-state index is 0.0924. The Bertz CT molecular complexity index is 501. The fourth-order valence-corrected chi connectivity index (χ4v) is 4.70. The number of urea groups is 1. The largest absolute Gasteiger partial charge is 0.328 e. The van der Waals surface area contributed by atoms with Gasteiger partial charge in [-0.25, -0.2) is 9.78 Å². The zero-order valence-corrected chi connectivity index (χ0v) is 14.3. The van der Waals surface area contributed by atoms with Crippen molar-refractivity contribution >= 4 is 29.1 Å². The number of nitrogens with zero attached hydrogens (tertiary/aromatic N) is 2. The molecule has 1 aromatic rings. The maximum Gasteiger partial charge on any atom is 0.318 e. The number of hydrogen-bond acceptors (Lipinski definition) is 4. The molecule has 2 atom stereocenters. The molecule has 1 N–H and O–H groups in total. The Morgan fingerprint density at radius 3 is 2.90 bits per heavy atom. The summed E-state index contributed by atoms with van der Waals surface area (Å²) in [4.78, 5) is 20.4. The molecule has 3 rings (SSSR count). The molecule has 0 spiro atoms. The van der Waals surface area contributed by atoms with Crippen LogP contribution in [0.2, 0.25) is 0 Å². The molecule has 2 amide bonds. The number of amides is 2. The van der Waals surface area contributed by atoms with E-state index in [0.717, 1.165) is 29.5 Å². The highest BCUT2D eigenvalue weighted by Crippen LogP contribution is 2.42. The lowest BCUT2D eigenvalue weighted by Gasteiger charge is -2.29. The van der Waals surface area contributed by atoms with Crippen LogP contribution in [0.25, 0.3) is 0 Å². The molecule has 1 saturated heterocycles. The number of rotatable bonds is 3. The summed E-state index contributed by atoms with van der Waals surface area (Å²) < 4.78 is 0. The highest BCUT2D eigenvalue weighted by atomic mass is 32.2. The van der Waals surface area contributed by atoms with Crippen LogP contribution < -0.4 is 5.32 Å². The number of aromatic nitrogens is 1. The summed E-state index contributed by atoms with van der Waals surface area (Å²) in [5.41, 5.74) is 0. The molecule has 2 aliphatic rings. The summed E-state index contributed by atoms with van der Waals surface area (Å²) in [7, 11) is 0. The number of thioether (sulfide) groups is 1. The lowest BCUT2D eigenvalue weighted by molar-refractivity contribution is 0.177. The molecule has 6 heteroatoms. The topological polar surface area (TPSA) is 45.2 Å². The van der Waals surface area contributed by atoms with E-state index in [0.29, 0.717) is 12.0 Å². The second-order valence-corrected chi connectivity index (χ2v) is 8.51. The van der Waals surface area contributed by atoms with Crippen LogP contribution in [0, 0.1) is 12.8 Å². The number of carbonyl (C=O) groups excluding carboxylic acids is 1. The van der Waals surface area contributed by atoms with Crippen LogP contribution >= 0.6 is 23.1 Å². The maximum atomic E-state index is 12.7. The van der Waals surface area contributed by atoms with Crippen LogP contribution in [-0.4, -0.2) is 40.0 Å². The van der Waals surface area contributed by atoms with Crippen molar-refractivity contribution in [2.45, 2.75) is 45.2 Å². The van der Waals surface area contributed by atoms with Gasteiger partial charge < -0.3 is 10.2 Å². The molecule has 2 fully saturated rings. The van der Waals surface area contributed by atoms with Crippen molar-refractivity contribution in [3.63, 3.8) is 0 Å². The van der Waals surface area contributed by atoms with Crippen molar-refractivity contribution in [3.05, 3.63) is 16.1 Å². The first-order chi connectivity index (χ1) is 10.1. The minimum absolute atomic E-state index is 0.0924. The van der Waals surface area contributed by atoms with Crippen LogP contribution in [0.3, 0.4) is 0 Å². The number of hydrogen-bond donors (Lipinski definition) is 1. The zero-order valence-electron chi connectivity index (χ0n) is 12.7. The monoisotopic (exact) mass is 325 g/mol. The van der Waals surface area contributed by atoms with Gasteiger partial charge in [-0.05, 0) is 44.8 Å². The fraction of sp³-hybridized carbons (Fsp3) is 0.733. The predicted molar refractivity (Wildman–Crippen MR) is 89.0 cm³/mol. The first-order valence-electron chi connectivity index (χ1n) is 7.72. The van der Waals surface area contributed by atoms with Gasteiger partial charge in [-0.1, -0.05) is 0 Å². The lowest BCUT2D eigenvalue weighted by Crippen LogP contribution is -2.47. The quantitative estimate of drug-likeness (QED) is 0.926. The summed E-state index contributed by atoms with van der Waals surface area (Å²) in [6.07, 6.45) is 5.40. The second kappa shape index (κ2) is 6.57. The molecule has 1 aromatic heterocycles. The van der Waals surface area contributed by atoms with E-state index < -0.39 is 0 Å². The molecule has 0 bridgehead atoms. The van der Waals surface area contributed by atoms with E-state index in [1.165, 1.54) is 17.7 Å². The molecule has 0 aromatic carbocycles.